The standard InChI is InChI=1S/C21H20F3N3O2S2/c1-11(17(28)25-2)30-20-26-18-16(12-7-3-6-10-15(12)31-18)19(29)27(20)14-9-5-4-8-13(14)21(22,23)24/h4-5,8-9,11H,3,6-7,10H2,1-2H3,(H,25,28). The van der Waals surface area contributed by atoms with E-state index in [-0.39, 0.29) is 16.8 Å². The van der Waals surface area contributed by atoms with Crippen LogP contribution in [0.2, 0.25) is 0 Å². The second-order valence-electron chi connectivity index (χ2n) is 7.32. The molecule has 1 atom stereocenters. The SMILES string of the molecule is CNC(=O)C(C)Sc1nc2sc3c(c2c(=O)n1-c1ccccc1C(F)(F)F)CCCC3. The molecule has 0 aliphatic heterocycles. The molecule has 1 aliphatic rings. The Morgan fingerprint density at radius 1 is 1.26 bits per heavy atom. The molecule has 10 heteroatoms. The van der Waals surface area contributed by atoms with Crippen LogP contribution in [0.15, 0.2) is 34.2 Å². The maximum atomic E-state index is 13.8. The van der Waals surface area contributed by atoms with Crippen molar-refractivity contribution < 1.29 is 18.0 Å². The zero-order valence-electron chi connectivity index (χ0n) is 16.9. The number of nitrogens with zero attached hydrogens (tertiary/aromatic N) is 2. The van der Waals surface area contributed by atoms with E-state index in [1.807, 2.05) is 0 Å². The van der Waals surface area contributed by atoms with Gasteiger partial charge in [-0.2, -0.15) is 13.2 Å². The Labute approximate surface area is 184 Å². The number of aryl methyl sites for hydroxylation is 2. The van der Waals surface area contributed by atoms with Crippen molar-refractivity contribution in [2.24, 2.45) is 0 Å². The fourth-order valence-electron chi connectivity index (χ4n) is 3.80. The molecule has 1 amide bonds. The predicted octanol–water partition coefficient (Wildman–Crippen LogP) is 4.57. The number of aromatic nitrogens is 2. The van der Waals surface area contributed by atoms with Crippen LogP contribution in [0.3, 0.4) is 0 Å². The Kier molecular flexibility index (Phi) is 5.87. The van der Waals surface area contributed by atoms with Crippen molar-refractivity contribution >= 4 is 39.2 Å². The van der Waals surface area contributed by atoms with Crippen LogP contribution >= 0.6 is 23.1 Å². The Bertz CT molecular complexity index is 1220. The minimum Gasteiger partial charge on any atom is -0.358 e. The maximum Gasteiger partial charge on any atom is 0.418 e. The van der Waals surface area contributed by atoms with Crippen LogP contribution in [0, 0.1) is 0 Å². The number of amides is 1. The van der Waals surface area contributed by atoms with Gasteiger partial charge in [0, 0.05) is 11.9 Å². The van der Waals surface area contributed by atoms with E-state index in [0.717, 1.165) is 52.1 Å². The Morgan fingerprint density at radius 2 is 1.97 bits per heavy atom. The molecule has 0 radical (unpaired) electrons. The average molecular weight is 468 g/mol. The zero-order chi connectivity index (χ0) is 22.3. The number of para-hydroxylation sites is 1. The first-order valence-electron chi connectivity index (χ1n) is 9.84. The molecule has 2 heterocycles. The van der Waals surface area contributed by atoms with Gasteiger partial charge >= 0.3 is 6.18 Å². The van der Waals surface area contributed by atoms with Crippen molar-refractivity contribution in [1.82, 2.24) is 14.9 Å². The molecule has 3 aromatic rings. The number of hydrogen-bond donors (Lipinski definition) is 1. The second-order valence-corrected chi connectivity index (χ2v) is 9.71. The monoisotopic (exact) mass is 467 g/mol. The number of thioether (sulfide) groups is 1. The van der Waals surface area contributed by atoms with Crippen LogP contribution in [0.5, 0.6) is 0 Å². The highest BCUT2D eigenvalue weighted by Gasteiger charge is 2.35. The number of benzene rings is 1. The molecule has 0 saturated carbocycles. The van der Waals surface area contributed by atoms with Gasteiger partial charge in [0.1, 0.15) is 4.83 Å². The molecule has 164 valence electrons. The van der Waals surface area contributed by atoms with E-state index < -0.39 is 22.5 Å². The van der Waals surface area contributed by atoms with Gasteiger partial charge in [0.25, 0.3) is 5.56 Å². The van der Waals surface area contributed by atoms with E-state index in [9.17, 15) is 22.8 Å². The molecule has 1 N–H and O–H groups in total. The molecule has 0 spiro atoms. The number of nitrogens with one attached hydrogen (secondary N) is 1. The Morgan fingerprint density at radius 3 is 2.68 bits per heavy atom. The van der Waals surface area contributed by atoms with Crippen LogP contribution in [0.25, 0.3) is 15.9 Å². The first kappa shape index (κ1) is 21.9. The third-order valence-electron chi connectivity index (χ3n) is 5.31. The number of carbonyl (C=O) groups excluding carboxylic acids is 1. The lowest BCUT2D eigenvalue weighted by atomic mass is 9.97. The van der Waals surface area contributed by atoms with E-state index in [2.05, 4.69) is 10.3 Å². The van der Waals surface area contributed by atoms with E-state index in [0.29, 0.717) is 16.6 Å². The summed E-state index contributed by atoms with van der Waals surface area (Å²) in [6.07, 6.45) is -1.14. The van der Waals surface area contributed by atoms with Gasteiger partial charge in [-0.3, -0.25) is 14.2 Å². The summed E-state index contributed by atoms with van der Waals surface area (Å²) < 4.78 is 42.3. The summed E-state index contributed by atoms with van der Waals surface area (Å²) in [5.74, 6) is -0.305. The van der Waals surface area contributed by atoms with Crippen molar-refractivity contribution in [3.8, 4) is 5.69 Å². The van der Waals surface area contributed by atoms with Crippen LogP contribution in [0.4, 0.5) is 13.2 Å². The zero-order valence-corrected chi connectivity index (χ0v) is 18.5. The molecule has 1 unspecified atom stereocenters. The van der Waals surface area contributed by atoms with Gasteiger partial charge in [0.05, 0.1) is 21.9 Å². The normalized spacial score (nSPS) is 15.0. The molecule has 2 aromatic heterocycles. The average Bonchev–Trinajstić information content (AvgIpc) is 3.11. The highest BCUT2D eigenvalue weighted by Crippen LogP contribution is 2.38. The summed E-state index contributed by atoms with van der Waals surface area (Å²) in [5, 5.41) is 2.34. The van der Waals surface area contributed by atoms with Crippen molar-refractivity contribution in [3.63, 3.8) is 0 Å². The van der Waals surface area contributed by atoms with Crippen molar-refractivity contribution in [3.05, 3.63) is 50.6 Å². The number of carbonyl (C=O) groups is 1. The number of thiophene rings is 1. The molecule has 5 nitrogen and oxygen atoms in total. The summed E-state index contributed by atoms with van der Waals surface area (Å²) in [6, 6.07) is 4.97. The van der Waals surface area contributed by atoms with Crippen LogP contribution < -0.4 is 10.9 Å². The van der Waals surface area contributed by atoms with Crippen LogP contribution in [-0.4, -0.2) is 27.8 Å². The summed E-state index contributed by atoms with van der Waals surface area (Å²) in [6.45, 7) is 1.62. The lowest BCUT2D eigenvalue weighted by Gasteiger charge is -2.19. The van der Waals surface area contributed by atoms with Crippen molar-refractivity contribution in [1.29, 1.82) is 0 Å². The minimum atomic E-state index is -4.65. The minimum absolute atomic E-state index is 0.0731. The molecule has 4 rings (SSSR count). The maximum absolute atomic E-state index is 13.8. The van der Waals surface area contributed by atoms with Gasteiger partial charge in [-0.15, -0.1) is 11.3 Å². The van der Waals surface area contributed by atoms with Gasteiger partial charge in [-0.25, -0.2) is 4.98 Å². The largest absolute Gasteiger partial charge is 0.418 e. The van der Waals surface area contributed by atoms with E-state index in [1.165, 1.54) is 36.6 Å². The highest BCUT2D eigenvalue weighted by molar-refractivity contribution is 8.00. The second kappa shape index (κ2) is 8.31. The van der Waals surface area contributed by atoms with E-state index in [4.69, 9.17) is 0 Å². The first-order chi connectivity index (χ1) is 14.7. The van der Waals surface area contributed by atoms with Gasteiger partial charge in [0.15, 0.2) is 5.16 Å². The summed E-state index contributed by atoms with van der Waals surface area (Å²) in [7, 11) is 1.48. The Balaban J connectivity index is 2.02. The number of rotatable bonds is 4. The van der Waals surface area contributed by atoms with E-state index >= 15 is 0 Å². The van der Waals surface area contributed by atoms with Gasteiger partial charge in [0.2, 0.25) is 5.91 Å². The lowest BCUT2D eigenvalue weighted by molar-refractivity contribution is -0.137. The van der Waals surface area contributed by atoms with Gasteiger partial charge in [-0.05, 0) is 50.3 Å². The lowest BCUT2D eigenvalue weighted by Crippen LogP contribution is -2.29. The first-order valence-corrected chi connectivity index (χ1v) is 11.5. The number of hydrogen-bond acceptors (Lipinski definition) is 5. The van der Waals surface area contributed by atoms with E-state index in [1.54, 1.807) is 6.92 Å². The number of halogens is 3. The highest BCUT2D eigenvalue weighted by atomic mass is 32.2. The van der Waals surface area contributed by atoms with Crippen molar-refractivity contribution in [2.45, 2.75) is 49.2 Å². The molecular formula is C21H20F3N3O2S2. The quantitative estimate of drug-likeness (QED) is 0.451. The van der Waals surface area contributed by atoms with Crippen LogP contribution in [-0.2, 0) is 23.8 Å². The molecule has 1 aromatic carbocycles. The molecular weight excluding hydrogens is 447 g/mol. The number of alkyl halides is 3. The molecule has 0 fully saturated rings. The fraction of sp³-hybridized carbons (Fsp3) is 0.381. The topological polar surface area (TPSA) is 64.0 Å². The summed E-state index contributed by atoms with van der Waals surface area (Å²) in [4.78, 5) is 31.9. The molecule has 31 heavy (non-hydrogen) atoms. The summed E-state index contributed by atoms with van der Waals surface area (Å²) in [5.41, 5.74) is -0.820. The summed E-state index contributed by atoms with van der Waals surface area (Å²) >= 11 is 2.39. The van der Waals surface area contributed by atoms with Crippen LogP contribution in [0.1, 0.15) is 35.8 Å². The predicted molar refractivity (Wildman–Crippen MR) is 116 cm³/mol. The van der Waals surface area contributed by atoms with Gasteiger partial charge < -0.3 is 5.32 Å². The number of fused-ring (bicyclic) bond motifs is 3. The Hall–Kier alpha value is -2.33. The molecule has 1 aliphatic carbocycles. The molecule has 0 saturated heterocycles. The molecule has 0 bridgehead atoms. The third-order valence-corrected chi connectivity index (χ3v) is 7.54. The fourth-order valence-corrected chi connectivity index (χ4v) is 6.08. The third kappa shape index (κ3) is 3.98. The van der Waals surface area contributed by atoms with Gasteiger partial charge in [-0.1, -0.05) is 23.9 Å². The smallest absolute Gasteiger partial charge is 0.358 e. The van der Waals surface area contributed by atoms with Crippen molar-refractivity contribution in [2.75, 3.05) is 7.05 Å².